The Morgan fingerprint density at radius 1 is 1.27 bits per heavy atom. The fraction of sp³-hybridized carbons (Fsp3) is 0.278. The molecule has 1 N–H and O–H groups in total. The highest BCUT2D eigenvalue weighted by Crippen LogP contribution is 2.34. The third-order valence-corrected chi connectivity index (χ3v) is 5.31. The lowest BCUT2D eigenvalue weighted by Gasteiger charge is -2.25. The van der Waals surface area contributed by atoms with Crippen LogP contribution in [0.25, 0.3) is 0 Å². The van der Waals surface area contributed by atoms with Gasteiger partial charge in [0.05, 0.1) is 12.7 Å². The van der Waals surface area contributed by atoms with E-state index in [4.69, 9.17) is 9.47 Å². The van der Waals surface area contributed by atoms with E-state index >= 15 is 0 Å². The van der Waals surface area contributed by atoms with Gasteiger partial charge in [0.1, 0.15) is 21.7 Å². The highest BCUT2D eigenvalue weighted by atomic mass is 79.9. The first kappa shape index (κ1) is 19.9. The Labute approximate surface area is 163 Å². The van der Waals surface area contributed by atoms with Crippen LogP contribution in [-0.4, -0.2) is 24.6 Å². The van der Waals surface area contributed by atoms with Crippen molar-refractivity contribution >= 4 is 44.1 Å². The number of halogens is 1. The second-order valence-corrected chi connectivity index (χ2v) is 7.82. The van der Waals surface area contributed by atoms with E-state index < -0.39 is 17.5 Å². The van der Waals surface area contributed by atoms with Crippen LogP contribution in [0.15, 0.2) is 28.7 Å². The molecule has 6 nitrogen and oxygen atoms in total. The number of methoxy groups -OCH3 is 1. The second kappa shape index (κ2) is 7.89. The second-order valence-electron chi connectivity index (χ2n) is 5.88. The van der Waals surface area contributed by atoms with Crippen molar-refractivity contribution in [3.8, 4) is 11.8 Å². The Morgan fingerprint density at radius 2 is 1.88 bits per heavy atom. The van der Waals surface area contributed by atoms with Gasteiger partial charge in [-0.1, -0.05) is 15.9 Å². The lowest BCUT2D eigenvalue weighted by Crippen LogP contribution is -2.42. The van der Waals surface area contributed by atoms with Gasteiger partial charge in [-0.2, -0.15) is 5.26 Å². The normalized spacial score (nSPS) is 10.8. The van der Waals surface area contributed by atoms with E-state index in [9.17, 15) is 14.9 Å². The number of carbonyl (C=O) groups is 2. The molecule has 1 heterocycles. The van der Waals surface area contributed by atoms with Gasteiger partial charge in [-0.25, -0.2) is 4.79 Å². The van der Waals surface area contributed by atoms with E-state index in [1.165, 1.54) is 7.11 Å². The van der Waals surface area contributed by atoms with Crippen molar-refractivity contribution in [2.75, 3.05) is 12.4 Å². The molecule has 0 aliphatic rings. The average molecular weight is 437 g/mol. The van der Waals surface area contributed by atoms with E-state index in [1.807, 2.05) is 18.2 Å². The topological polar surface area (TPSA) is 88.4 Å². The quantitative estimate of drug-likeness (QED) is 0.706. The van der Waals surface area contributed by atoms with Crippen molar-refractivity contribution in [3.63, 3.8) is 0 Å². The van der Waals surface area contributed by atoms with Crippen LogP contribution in [0.1, 0.15) is 34.6 Å². The molecule has 1 aromatic carbocycles. The van der Waals surface area contributed by atoms with Crippen molar-refractivity contribution in [2.45, 2.75) is 26.4 Å². The van der Waals surface area contributed by atoms with Gasteiger partial charge in [-0.3, -0.25) is 4.79 Å². The van der Waals surface area contributed by atoms with Crippen molar-refractivity contribution in [1.82, 2.24) is 0 Å². The Bertz CT molecular complexity index is 882. The Morgan fingerprint density at radius 3 is 2.42 bits per heavy atom. The molecule has 0 bridgehead atoms. The summed E-state index contributed by atoms with van der Waals surface area (Å²) in [6.45, 7) is 4.89. The Balaban J connectivity index is 2.24. The first-order chi connectivity index (χ1) is 12.2. The lowest BCUT2D eigenvalue weighted by molar-refractivity contribution is -0.128. The van der Waals surface area contributed by atoms with Crippen molar-refractivity contribution in [3.05, 3.63) is 44.7 Å². The number of amides is 1. The predicted octanol–water partition coefficient (Wildman–Crippen LogP) is 4.27. The zero-order valence-corrected chi connectivity index (χ0v) is 17.1. The monoisotopic (exact) mass is 436 g/mol. The molecule has 0 saturated carbocycles. The zero-order chi connectivity index (χ0) is 19.5. The maximum absolute atomic E-state index is 12.7. The van der Waals surface area contributed by atoms with E-state index in [2.05, 4.69) is 21.2 Å². The van der Waals surface area contributed by atoms with E-state index in [0.29, 0.717) is 16.3 Å². The number of ether oxygens (including phenoxy) is 2. The first-order valence-corrected chi connectivity index (χ1v) is 9.18. The molecule has 0 saturated heterocycles. The Kier molecular flexibility index (Phi) is 6.05. The minimum Gasteiger partial charge on any atom is -0.478 e. The zero-order valence-electron chi connectivity index (χ0n) is 14.7. The number of nitrogens with zero attached hydrogens (tertiary/aromatic N) is 1. The fourth-order valence-electron chi connectivity index (χ4n) is 2.12. The molecule has 26 heavy (non-hydrogen) atoms. The molecule has 0 aliphatic heterocycles. The van der Waals surface area contributed by atoms with Gasteiger partial charge < -0.3 is 14.8 Å². The minimum absolute atomic E-state index is 0.239. The summed E-state index contributed by atoms with van der Waals surface area (Å²) in [7, 11) is 1.26. The number of esters is 1. The third kappa shape index (κ3) is 4.23. The highest BCUT2D eigenvalue weighted by Gasteiger charge is 2.32. The number of hydrogen-bond donors (Lipinski definition) is 1. The van der Waals surface area contributed by atoms with E-state index in [1.54, 1.807) is 32.9 Å². The largest absolute Gasteiger partial charge is 0.478 e. The third-order valence-electron chi connectivity index (χ3n) is 3.59. The van der Waals surface area contributed by atoms with Crippen LogP contribution < -0.4 is 10.1 Å². The molecule has 1 amide bonds. The number of rotatable bonds is 5. The summed E-state index contributed by atoms with van der Waals surface area (Å²) in [5.74, 6) is -0.448. The smallest absolute Gasteiger partial charge is 0.348 e. The van der Waals surface area contributed by atoms with Gasteiger partial charge in [0.15, 0.2) is 5.60 Å². The summed E-state index contributed by atoms with van der Waals surface area (Å²) >= 11 is 4.34. The highest BCUT2D eigenvalue weighted by molar-refractivity contribution is 9.10. The SMILES string of the molecule is COC(=O)c1sc(NC(=O)C(C)(C)Oc2ccc(Br)cc2)c(C#N)c1C. The summed E-state index contributed by atoms with van der Waals surface area (Å²) in [4.78, 5) is 24.8. The first-order valence-electron chi connectivity index (χ1n) is 7.57. The molecule has 0 spiro atoms. The van der Waals surface area contributed by atoms with Crippen LogP contribution in [0.2, 0.25) is 0 Å². The molecule has 136 valence electrons. The van der Waals surface area contributed by atoms with Gasteiger partial charge in [0.2, 0.25) is 0 Å². The molecule has 1 aromatic heterocycles. The van der Waals surface area contributed by atoms with Crippen LogP contribution in [-0.2, 0) is 9.53 Å². The average Bonchev–Trinajstić information content (AvgIpc) is 2.91. The molecule has 2 aromatic rings. The minimum atomic E-state index is -1.19. The van der Waals surface area contributed by atoms with Crippen LogP contribution in [0, 0.1) is 18.3 Å². The molecule has 0 radical (unpaired) electrons. The number of hydrogen-bond acceptors (Lipinski definition) is 6. The molecule has 0 aliphatic carbocycles. The summed E-state index contributed by atoms with van der Waals surface area (Å²) in [5, 5.41) is 12.3. The maximum Gasteiger partial charge on any atom is 0.348 e. The van der Waals surface area contributed by atoms with Crippen LogP contribution in [0.5, 0.6) is 5.75 Å². The molecule has 0 atom stereocenters. The Hall–Kier alpha value is -2.37. The van der Waals surface area contributed by atoms with Crippen LogP contribution in [0.4, 0.5) is 5.00 Å². The predicted molar refractivity (Wildman–Crippen MR) is 103 cm³/mol. The number of carbonyl (C=O) groups excluding carboxylic acids is 2. The lowest BCUT2D eigenvalue weighted by atomic mass is 10.1. The van der Waals surface area contributed by atoms with Gasteiger partial charge in [-0.05, 0) is 50.6 Å². The number of thiophene rings is 1. The molecule has 2 rings (SSSR count). The van der Waals surface area contributed by atoms with Crippen LogP contribution >= 0.6 is 27.3 Å². The maximum atomic E-state index is 12.7. The van der Waals surface area contributed by atoms with E-state index in [-0.39, 0.29) is 10.4 Å². The molecular weight excluding hydrogens is 420 g/mol. The van der Waals surface area contributed by atoms with Crippen molar-refractivity contribution in [2.24, 2.45) is 0 Å². The van der Waals surface area contributed by atoms with Crippen molar-refractivity contribution < 1.29 is 19.1 Å². The molecule has 8 heteroatoms. The number of nitriles is 1. The molecule has 0 unspecified atom stereocenters. The number of anilines is 1. The summed E-state index contributed by atoms with van der Waals surface area (Å²) in [6.07, 6.45) is 0. The van der Waals surface area contributed by atoms with Gasteiger partial charge >= 0.3 is 5.97 Å². The number of benzene rings is 1. The van der Waals surface area contributed by atoms with Gasteiger partial charge in [0.25, 0.3) is 5.91 Å². The number of nitrogens with one attached hydrogen (secondary N) is 1. The molecule has 0 fully saturated rings. The summed E-state index contributed by atoms with van der Waals surface area (Å²) in [5.41, 5.74) is -0.473. The molecular formula is C18H17BrN2O4S. The summed E-state index contributed by atoms with van der Waals surface area (Å²) in [6, 6.07) is 9.11. The summed E-state index contributed by atoms with van der Waals surface area (Å²) < 4.78 is 11.4. The van der Waals surface area contributed by atoms with Gasteiger partial charge in [-0.15, -0.1) is 11.3 Å². The van der Waals surface area contributed by atoms with E-state index in [0.717, 1.165) is 15.8 Å². The van der Waals surface area contributed by atoms with Crippen LogP contribution in [0.3, 0.4) is 0 Å². The fourth-order valence-corrected chi connectivity index (χ4v) is 3.46. The van der Waals surface area contributed by atoms with Crippen molar-refractivity contribution in [1.29, 1.82) is 5.26 Å². The standard InChI is InChI=1S/C18H17BrN2O4S/c1-10-13(9-20)15(26-14(10)16(22)24-4)21-17(23)18(2,3)25-12-7-5-11(19)6-8-12/h5-8H,1-4H3,(H,21,23). The van der Waals surface area contributed by atoms with Gasteiger partial charge in [0, 0.05) is 4.47 Å².